The van der Waals surface area contributed by atoms with Crippen molar-refractivity contribution in [1.82, 2.24) is 4.98 Å². The summed E-state index contributed by atoms with van der Waals surface area (Å²) in [6.45, 7) is 0.484. The third-order valence-corrected chi connectivity index (χ3v) is 1.78. The summed E-state index contributed by atoms with van der Waals surface area (Å²) in [4.78, 5) is 6.05. The topological polar surface area (TPSA) is 42.2 Å². The average Bonchev–Trinajstić information content (AvgIpc) is 2.04. The predicted octanol–water partition coefficient (Wildman–Crippen LogP) is 2.10. The molecule has 0 saturated carbocycles. The van der Waals surface area contributed by atoms with Gasteiger partial charge in [0.15, 0.2) is 0 Å². The molecule has 0 aromatic carbocycles. The first-order valence-corrected chi connectivity index (χ1v) is 4.05. The van der Waals surface area contributed by atoms with Gasteiger partial charge in [0, 0.05) is 26.2 Å². The summed E-state index contributed by atoms with van der Waals surface area (Å²) in [5.74, 6) is 0.838. The Bertz CT molecular complexity index is 279. The molecule has 0 radical (unpaired) electrons. The van der Waals surface area contributed by atoms with E-state index in [1.165, 1.54) is 0 Å². The van der Waals surface area contributed by atoms with E-state index in [0.717, 1.165) is 11.4 Å². The molecule has 1 aromatic rings. The van der Waals surface area contributed by atoms with Crippen molar-refractivity contribution in [3.8, 4) is 0 Å². The van der Waals surface area contributed by atoms with Crippen LogP contribution >= 0.6 is 36.4 Å². The van der Waals surface area contributed by atoms with E-state index in [4.69, 9.17) is 17.3 Å². The number of hydrogen-bond acceptors (Lipinski definition) is 3. The van der Waals surface area contributed by atoms with Gasteiger partial charge in [-0.25, -0.2) is 4.98 Å². The Morgan fingerprint density at radius 3 is 2.36 bits per heavy atom. The highest BCUT2D eigenvalue weighted by Gasteiger charge is 2.04. The Morgan fingerprint density at radius 2 is 1.93 bits per heavy atom. The molecule has 3 nitrogen and oxygen atoms in total. The van der Waals surface area contributed by atoms with Gasteiger partial charge in [0.2, 0.25) is 0 Å². The van der Waals surface area contributed by atoms with Crippen LogP contribution in [0, 0.1) is 0 Å². The number of nitrogens with two attached hydrogens (primary N) is 1. The molecule has 0 aliphatic rings. The molecule has 0 spiro atoms. The van der Waals surface area contributed by atoms with Crippen molar-refractivity contribution in [2.45, 2.75) is 6.54 Å². The molecule has 2 N–H and O–H groups in total. The fraction of sp³-hybridized carbons (Fsp3) is 0.375. The second kappa shape index (κ2) is 7.12. The van der Waals surface area contributed by atoms with Gasteiger partial charge in [0.1, 0.15) is 11.0 Å². The molecule has 0 amide bonds. The van der Waals surface area contributed by atoms with Gasteiger partial charge in [0.05, 0.1) is 0 Å². The maximum Gasteiger partial charge on any atom is 0.134 e. The SMILES string of the molecule is CN(C)c1nc(Cl)ccc1CN.Cl.Cl. The van der Waals surface area contributed by atoms with Gasteiger partial charge >= 0.3 is 0 Å². The van der Waals surface area contributed by atoms with Gasteiger partial charge in [-0.15, -0.1) is 24.8 Å². The minimum absolute atomic E-state index is 0. The fourth-order valence-corrected chi connectivity index (χ4v) is 1.14. The smallest absolute Gasteiger partial charge is 0.134 e. The summed E-state index contributed by atoms with van der Waals surface area (Å²) in [6, 6.07) is 3.64. The molecule has 14 heavy (non-hydrogen) atoms. The molecule has 1 rings (SSSR count). The zero-order chi connectivity index (χ0) is 9.14. The number of rotatable bonds is 2. The third kappa shape index (κ3) is 3.88. The summed E-state index contributed by atoms with van der Waals surface area (Å²) in [7, 11) is 3.83. The van der Waals surface area contributed by atoms with Gasteiger partial charge in [-0.05, 0) is 6.07 Å². The van der Waals surface area contributed by atoms with Crippen LogP contribution in [0.5, 0.6) is 0 Å². The van der Waals surface area contributed by atoms with Crippen LogP contribution in [0.15, 0.2) is 12.1 Å². The first kappa shape index (κ1) is 16.2. The zero-order valence-corrected chi connectivity index (χ0v) is 10.4. The number of halogens is 3. The molecule has 0 saturated heterocycles. The van der Waals surface area contributed by atoms with Crippen molar-refractivity contribution in [3.05, 3.63) is 22.8 Å². The van der Waals surface area contributed by atoms with E-state index in [1.807, 2.05) is 25.1 Å². The number of nitrogens with zero attached hydrogens (tertiary/aromatic N) is 2. The minimum atomic E-state index is 0. The highest BCUT2D eigenvalue weighted by atomic mass is 35.5. The lowest BCUT2D eigenvalue weighted by molar-refractivity contribution is 0.986. The second-order valence-electron chi connectivity index (χ2n) is 2.72. The lowest BCUT2D eigenvalue weighted by atomic mass is 10.2. The van der Waals surface area contributed by atoms with E-state index >= 15 is 0 Å². The molecule has 82 valence electrons. The largest absolute Gasteiger partial charge is 0.362 e. The minimum Gasteiger partial charge on any atom is -0.362 e. The van der Waals surface area contributed by atoms with Gasteiger partial charge in [-0.3, -0.25) is 0 Å². The number of hydrogen-bond donors (Lipinski definition) is 1. The van der Waals surface area contributed by atoms with Crippen LogP contribution in [-0.2, 0) is 6.54 Å². The predicted molar refractivity (Wildman–Crippen MR) is 66.0 cm³/mol. The fourth-order valence-electron chi connectivity index (χ4n) is 1.00. The maximum atomic E-state index is 5.74. The Morgan fingerprint density at radius 1 is 1.36 bits per heavy atom. The summed E-state index contributed by atoms with van der Waals surface area (Å²) in [5, 5.41) is 0.496. The van der Waals surface area contributed by atoms with E-state index in [2.05, 4.69) is 4.98 Å². The van der Waals surface area contributed by atoms with Gasteiger partial charge in [0.25, 0.3) is 0 Å². The molecule has 0 unspecified atom stereocenters. The first-order chi connectivity index (χ1) is 5.65. The summed E-state index contributed by atoms with van der Waals surface area (Å²) in [6.07, 6.45) is 0. The number of pyridine rings is 1. The first-order valence-electron chi connectivity index (χ1n) is 3.68. The molecule has 6 heteroatoms. The van der Waals surface area contributed by atoms with Crippen LogP contribution in [0.25, 0.3) is 0 Å². The maximum absolute atomic E-state index is 5.74. The van der Waals surface area contributed by atoms with Crippen molar-refractivity contribution in [1.29, 1.82) is 0 Å². The van der Waals surface area contributed by atoms with Crippen LogP contribution in [0.1, 0.15) is 5.56 Å². The van der Waals surface area contributed by atoms with E-state index in [0.29, 0.717) is 11.7 Å². The van der Waals surface area contributed by atoms with Gasteiger partial charge in [-0.2, -0.15) is 0 Å². The molecule has 1 heterocycles. The quantitative estimate of drug-likeness (QED) is 0.826. The summed E-state index contributed by atoms with van der Waals surface area (Å²) >= 11 is 5.74. The molecule has 0 aliphatic carbocycles. The van der Waals surface area contributed by atoms with E-state index in [-0.39, 0.29) is 24.8 Å². The van der Waals surface area contributed by atoms with Crippen LogP contribution in [0.4, 0.5) is 5.82 Å². The standard InChI is InChI=1S/C8H12ClN3.2ClH/c1-12(2)8-6(5-10)3-4-7(9)11-8;;/h3-4H,5,10H2,1-2H3;2*1H. The molecule has 0 aliphatic heterocycles. The van der Waals surface area contributed by atoms with Crippen molar-refractivity contribution in [2.75, 3.05) is 19.0 Å². The van der Waals surface area contributed by atoms with E-state index < -0.39 is 0 Å². The Kier molecular flexibility index (Phi) is 8.25. The summed E-state index contributed by atoms with van der Waals surface area (Å²) < 4.78 is 0. The van der Waals surface area contributed by atoms with Crippen LogP contribution in [0.2, 0.25) is 5.15 Å². The molecule has 0 bridgehead atoms. The van der Waals surface area contributed by atoms with E-state index in [1.54, 1.807) is 6.07 Å². The monoisotopic (exact) mass is 257 g/mol. The van der Waals surface area contributed by atoms with Gasteiger partial charge < -0.3 is 10.6 Å². The number of anilines is 1. The lowest BCUT2D eigenvalue weighted by Gasteiger charge is -2.14. The zero-order valence-electron chi connectivity index (χ0n) is 8.03. The lowest BCUT2D eigenvalue weighted by Crippen LogP contribution is -2.14. The molecule has 0 atom stereocenters. The van der Waals surface area contributed by atoms with Crippen LogP contribution in [0.3, 0.4) is 0 Å². The molecular weight excluding hydrogens is 244 g/mol. The van der Waals surface area contributed by atoms with Crippen molar-refractivity contribution in [3.63, 3.8) is 0 Å². The van der Waals surface area contributed by atoms with Crippen LogP contribution < -0.4 is 10.6 Å². The van der Waals surface area contributed by atoms with Gasteiger partial charge in [-0.1, -0.05) is 17.7 Å². The highest BCUT2D eigenvalue weighted by molar-refractivity contribution is 6.29. The molecule has 1 aromatic heterocycles. The normalized spacial score (nSPS) is 8.57. The number of aromatic nitrogens is 1. The van der Waals surface area contributed by atoms with Crippen molar-refractivity contribution >= 4 is 42.2 Å². The molecule has 0 fully saturated rings. The van der Waals surface area contributed by atoms with Crippen molar-refractivity contribution < 1.29 is 0 Å². The average molecular weight is 259 g/mol. The Balaban J connectivity index is 0. The molecular formula is C8H14Cl3N3. The highest BCUT2D eigenvalue weighted by Crippen LogP contribution is 2.17. The van der Waals surface area contributed by atoms with Crippen LogP contribution in [-0.4, -0.2) is 19.1 Å². The Labute approximate surface area is 101 Å². The van der Waals surface area contributed by atoms with E-state index in [9.17, 15) is 0 Å². The summed E-state index contributed by atoms with van der Waals surface area (Å²) in [5.41, 5.74) is 6.53. The Hall–Kier alpha value is -0.220. The second-order valence-corrected chi connectivity index (χ2v) is 3.10. The third-order valence-electron chi connectivity index (χ3n) is 1.57. The van der Waals surface area contributed by atoms with Crippen molar-refractivity contribution in [2.24, 2.45) is 5.73 Å².